The Balaban J connectivity index is 2.11. The van der Waals surface area contributed by atoms with Gasteiger partial charge in [0.2, 0.25) is 0 Å². The largest absolute Gasteiger partial charge is 0.330 e. The summed E-state index contributed by atoms with van der Waals surface area (Å²) in [6.07, 6.45) is 1.97. The topological polar surface area (TPSA) is 44.0 Å². The van der Waals surface area contributed by atoms with Crippen LogP contribution in [0.1, 0.15) is 11.1 Å². The highest BCUT2D eigenvalue weighted by molar-refractivity contribution is 5.95. The minimum atomic E-state index is -0.291. The summed E-state index contributed by atoms with van der Waals surface area (Å²) in [7, 11) is 3.22. The zero-order valence-corrected chi connectivity index (χ0v) is 12.6. The second-order valence-electron chi connectivity index (χ2n) is 5.88. The van der Waals surface area contributed by atoms with Gasteiger partial charge in [-0.05, 0) is 34.7 Å². The van der Waals surface area contributed by atoms with Crippen LogP contribution in [0, 0.1) is 0 Å². The summed E-state index contributed by atoms with van der Waals surface area (Å²) < 4.78 is 2.69. The Bertz CT molecular complexity index is 1040. The lowest BCUT2D eigenvalue weighted by atomic mass is 9.98. The van der Waals surface area contributed by atoms with E-state index in [1.165, 1.54) is 28.9 Å². The number of benzene rings is 2. The molecule has 1 aliphatic carbocycles. The molecule has 2 aromatic carbocycles. The summed E-state index contributed by atoms with van der Waals surface area (Å²) in [5.74, 6) is 0. The summed E-state index contributed by atoms with van der Waals surface area (Å²) in [5.41, 5.74) is 3.73. The van der Waals surface area contributed by atoms with Crippen LogP contribution >= 0.6 is 0 Å². The van der Waals surface area contributed by atoms with Gasteiger partial charge in [-0.2, -0.15) is 0 Å². The van der Waals surface area contributed by atoms with E-state index in [2.05, 4.69) is 24.3 Å². The summed E-state index contributed by atoms with van der Waals surface area (Å²) >= 11 is 0. The van der Waals surface area contributed by atoms with Crippen molar-refractivity contribution < 1.29 is 0 Å². The van der Waals surface area contributed by atoms with Gasteiger partial charge in [-0.1, -0.05) is 30.3 Å². The fourth-order valence-electron chi connectivity index (χ4n) is 3.49. The van der Waals surface area contributed by atoms with Crippen molar-refractivity contribution >= 4 is 10.8 Å². The van der Waals surface area contributed by atoms with E-state index in [1.54, 1.807) is 17.7 Å². The Morgan fingerprint density at radius 2 is 1.77 bits per heavy atom. The Kier molecular flexibility index (Phi) is 2.64. The highest BCUT2D eigenvalue weighted by atomic mass is 16.2. The fraction of sp³-hybridized carbons (Fsp3) is 0.222. The van der Waals surface area contributed by atoms with E-state index in [0.717, 1.165) is 23.0 Å². The molecule has 0 amide bonds. The third-order valence-electron chi connectivity index (χ3n) is 4.69. The fourth-order valence-corrected chi connectivity index (χ4v) is 3.49. The van der Waals surface area contributed by atoms with Gasteiger partial charge in [0, 0.05) is 25.7 Å². The average molecular weight is 292 g/mol. The Morgan fingerprint density at radius 3 is 2.59 bits per heavy atom. The van der Waals surface area contributed by atoms with E-state index in [-0.39, 0.29) is 11.2 Å². The molecule has 0 fully saturated rings. The predicted molar refractivity (Wildman–Crippen MR) is 87.3 cm³/mol. The first-order valence-electron chi connectivity index (χ1n) is 7.39. The van der Waals surface area contributed by atoms with Crippen LogP contribution in [-0.2, 0) is 26.9 Å². The molecular formula is C18H16N2O2. The standard InChI is InChI=1S/C18H16N2O2/c1-19-15(10-16(21)20(2)18(19)22)13-8-6-11-4-3-5-12-7-9-14(13)17(11)12/h3-6,8,10H,7,9H2,1-2H3. The second-order valence-corrected chi connectivity index (χ2v) is 5.88. The first-order chi connectivity index (χ1) is 10.6. The van der Waals surface area contributed by atoms with Crippen LogP contribution in [0.4, 0.5) is 0 Å². The van der Waals surface area contributed by atoms with Gasteiger partial charge in [0.1, 0.15) is 0 Å². The molecule has 0 spiro atoms. The molecule has 1 heterocycles. The normalized spacial score (nSPS) is 13.0. The van der Waals surface area contributed by atoms with Crippen LogP contribution in [0.5, 0.6) is 0 Å². The lowest BCUT2D eigenvalue weighted by molar-refractivity contribution is 0.691. The average Bonchev–Trinajstić information content (AvgIpc) is 2.96. The summed E-state index contributed by atoms with van der Waals surface area (Å²) in [6, 6.07) is 12.0. The molecule has 110 valence electrons. The van der Waals surface area contributed by atoms with E-state index in [0.29, 0.717) is 5.69 Å². The number of rotatable bonds is 1. The van der Waals surface area contributed by atoms with Crippen LogP contribution in [0.2, 0.25) is 0 Å². The van der Waals surface area contributed by atoms with Gasteiger partial charge in [0.25, 0.3) is 5.56 Å². The number of hydrogen-bond donors (Lipinski definition) is 0. The molecule has 0 unspecified atom stereocenters. The molecule has 4 rings (SSSR count). The molecule has 0 atom stereocenters. The van der Waals surface area contributed by atoms with Crippen molar-refractivity contribution in [1.29, 1.82) is 0 Å². The molecule has 1 aliphatic rings. The zero-order chi connectivity index (χ0) is 15.4. The van der Waals surface area contributed by atoms with Crippen LogP contribution in [-0.4, -0.2) is 9.13 Å². The molecule has 0 saturated heterocycles. The summed E-state index contributed by atoms with van der Waals surface area (Å²) in [5, 5.41) is 2.51. The smallest absolute Gasteiger partial charge is 0.296 e. The molecule has 0 radical (unpaired) electrons. The first kappa shape index (κ1) is 13.1. The molecule has 0 N–H and O–H groups in total. The second kappa shape index (κ2) is 4.44. The van der Waals surface area contributed by atoms with Gasteiger partial charge in [-0.25, -0.2) is 4.79 Å². The minimum Gasteiger partial charge on any atom is -0.296 e. The van der Waals surface area contributed by atoms with Gasteiger partial charge in [0.15, 0.2) is 0 Å². The highest BCUT2D eigenvalue weighted by Crippen LogP contribution is 2.36. The summed E-state index contributed by atoms with van der Waals surface area (Å²) in [4.78, 5) is 24.2. The Morgan fingerprint density at radius 1 is 0.955 bits per heavy atom. The van der Waals surface area contributed by atoms with Crippen LogP contribution in [0.3, 0.4) is 0 Å². The quantitative estimate of drug-likeness (QED) is 0.688. The van der Waals surface area contributed by atoms with Gasteiger partial charge in [0.05, 0.1) is 5.69 Å². The van der Waals surface area contributed by atoms with Crippen LogP contribution < -0.4 is 11.2 Å². The van der Waals surface area contributed by atoms with Crippen LogP contribution in [0.15, 0.2) is 46.0 Å². The van der Waals surface area contributed by atoms with Crippen molar-refractivity contribution in [2.24, 2.45) is 14.1 Å². The van der Waals surface area contributed by atoms with Crippen molar-refractivity contribution in [3.63, 3.8) is 0 Å². The molecule has 0 saturated carbocycles. The van der Waals surface area contributed by atoms with Gasteiger partial charge in [-0.15, -0.1) is 0 Å². The Labute approximate surface area is 127 Å². The van der Waals surface area contributed by atoms with E-state index >= 15 is 0 Å². The Hall–Kier alpha value is -2.62. The molecule has 4 nitrogen and oxygen atoms in total. The molecule has 3 aromatic rings. The van der Waals surface area contributed by atoms with Crippen molar-refractivity contribution in [1.82, 2.24) is 9.13 Å². The maximum atomic E-state index is 12.2. The van der Waals surface area contributed by atoms with Gasteiger partial charge in [-0.3, -0.25) is 13.9 Å². The van der Waals surface area contributed by atoms with Gasteiger partial charge < -0.3 is 0 Å². The molecule has 0 aliphatic heterocycles. The van der Waals surface area contributed by atoms with Crippen molar-refractivity contribution in [3.05, 3.63) is 68.4 Å². The number of hydrogen-bond acceptors (Lipinski definition) is 2. The van der Waals surface area contributed by atoms with Gasteiger partial charge >= 0.3 is 5.69 Å². The van der Waals surface area contributed by atoms with Crippen molar-refractivity contribution in [2.45, 2.75) is 12.8 Å². The third kappa shape index (κ3) is 1.64. The van der Waals surface area contributed by atoms with E-state index in [4.69, 9.17) is 0 Å². The molecule has 0 bridgehead atoms. The summed E-state index contributed by atoms with van der Waals surface area (Å²) in [6.45, 7) is 0. The number of aromatic nitrogens is 2. The van der Waals surface area contributed by atoms with E-state index in [9.17, 15) is 9.59 Å². The minimum absolute atomic E-state index is 0.267. The maximum absolute atomic E-state index is 12.2. The van der Waals surface area contributed by atoms with E-state index < -0.39 is 0 Å². The van der Waals surface area contributed by atoms with Crippen molar-refractivity contribution in [2.75, 3.05) is 0 Å². The van der Waals surface area contributed by atoms with Crippen LogP contribution in [0.25, 0.3) is 22.0 Å². The lowest BCUT2D eigenvalue weighted by Crippen LogP contribution is -2.37. The maximum Gasteiger partial charge on any atom is 0.330 e. The number of nitrogens with zero attached hydrogens (tertiary/aromatic N) is 2. The first-order valence-corrected chi connectivity index (χ1v) is 7.39. The number of aryl methyl sites for hydroxylation is 2. The molecule has 1 aromatic heterocycles. The predicted octanol–water partition coefficient (Wildman–Crippen LogP) is 2.00. The van der Waals surface area contributed by atoms with Crippen molar-refractivity contribution in [3.8, 4) is 11.3 Å². The highest BCUT2D eigenvalue weighted by Gasteiger charge is 2.20. The third-order valence-corrected chi connectivity index (χ3v) is 4.69. The lowest BCUT2D eigenvalue weighted by Gasteiger charge is -2.13. The zero-order valence-electron chi connectivity index (χ0n) is 12.6. The molecule has 22 heavy (non-hydrogen) atoms. The van der Waals surface area contributed by atoms with E-state index in [1.807, 2.05) is 6.07 Å². The SMILES string of the molecule is Cn1c(-c2ccc3cccc4c3c2CC4)cc(=O)n(C)c1=O. The molecular weight excluding hydrogens is 276 g/mol. The monoisotopic (exact) mass is 292 g/mol. The molecule has 4 heteroatoms.